The minimum absolute atomic E-state index is 0.0616. The van der Waals surface area contributed by atoms with E-state index in [1.54, 1.807) is 0 Å². The second-order valence-electron chi connectivity index (χ2n) is 7.48. The first-order chi connectivity index (χ1) is 15.7. The fourth-order valence-electron chi connectivity index (χ4n) is 4.01. The number of benzene rings is 2. The van der Waals surface area contributed by atoms with E-state index in [2.05, 4.69) is 72.6 Å². The number of carbonyl (C=O) groups is 1. The minimum Gasteiger partial charge on any atom is -0.449 e. The van der Waals surface area contributed by atoms with Gasteiger partial charge in [-0.25, -0.2) is 4.79 Å². The van der Waals surface area contributed by atoms with Crippen LogP contribution in [-0.4, -0.2) is 42.2 Å². The Morgan fingerprint density at radius 1 is 1.00 bits per heavy atom. The number of ether oxygens (including phenoxy) is 2. The van der Waals surface area contributed by atoms with Crippen LogP contribution in [-0.2, 0) is 26.7 Å². The van der Waals surface area contributed by atoms with Crippen molar-refractivity contribution in [2.45, 2.75) is 23.1 Å². The predicted molar refractivity (Wildman–Crippen MR) is 131 cm³/mol. The molecule has 32 heavy (non-hydrogen) atoms. The quantitative estimate of drug-likeness (QED) is 0.271. The molecule has 4 rings (SSSR count). The Morgan fingerprint density at radius 3 is 2.34 bits per heavy atom. The van der Waals surface area contributed by atoms with Crippen molar-refractivity contribution in [2.75, 3.05) is 26.4 Å². The van der Waals surface area contributed by atoms with Gasteiger partial charge in [-0.3, -0.25) is 4.68 Å². The van der Waals surface area contributed by atoms with Crippen molar-refractivity contribution < 1.29 is 14.3 Å². The molecule has 0 fully saturated rings. The predicted octanol–water partition coefficient (Wildman–Crippen LogP) is 5.23. The molecule has 6 nitrogen and oxygen atoms in total. The zero-order chi connectivity index (χ0) is 22.3. The molecule has 0 bridgehead atoms. The Balaban J connectivity index is 1.18. The molecule has 168 valence electrons. The van der Waals surface area contributed by atoms with Gasteiger partial charge in [0.05, 0.1) is 25.5 Å². The standard InChI is InChI=1S/C24H25Br2N3O3/c25-14-17-13-18(15-26)29(28-17)10-12-31-11-9-27-24(30)32-16-23-21-7-3-1-5-19(21)20-6-2-4-8-22(20)23/h1-8,13,23H,9-12,14-16H2,(H,27,30). The van der Waals surface area contributed by atoms with Crippen LogP contribution >= 0.6 is 31.9 Å². The van der Waals surface area contributed by atoms with E-state index < -0.39 is 6.09 Å². The average Bonchev–Trinajstić information content (AvgIpc) is 3.38. The fourth-order valence-corrected chi connectivity index (χ4v) is 4.73. The number of halogens is 2. The average molecular weight is 563 g/mol. The van der Waals surface area contributed by atoms with Crippen LogP contribution in [0.4, 0.5) is 4.79 Å². The maximum absolute atomic E-state index is 12.2. The number of aromatic nitrogens is 2. The van der Waals surface area contributed by atoms with E-state index in [1.165, 1.54) is 22.3 Å². The van der Waals surface area contributed by atoms with Crippen molar-refractivity contribution in [1.29, 1.82) is 0 Å². The minimum atomic E-state index is -0.425. The summed E-state index contributed by atoms with van der Waals surface area (Å²) in [6.07, 6.45) is -0.425. The lowest BCUT2D eigenvalue weighted by Crippen LogP contribution is -2.29. The highest BCUT2D eigenvalue weighted by molar-refractivity contribution is 9.08. The van der Waals surface area contributed by atoms with Crippen LogP contribution in [0.1, 0.15) is 28.4 Å². The van der Waals surface area contributed by atoms with Gasteiger partial charge in [-0.05, 0) is 28.3 Å². The number of rotatable bonds is 10. The third-order valence-corrected chi connectivity index (χ3v) is 6.64. The number of hydrogen-bond donors (Lipinski definition) is 1. The van der Waals surface area contributed by atoms with Gasteiger partial charge in [-0.2, -0.15) is 5.10 Å². The van der Waals surface area contributed by atoms with Gasteiger partial charge >= 0.3 is 6.09 Å². The molecule has 0 saturated carbocycles. The van der Waals surface area contributed by atoms with Crippen molar-refractivity contribution >= 4 is 38.0 Å². The van der Waals surface area contributed by atoms with Gasteiger partial charge in [-0.1, -0.05) is 80.4 Å². The maximum Gasteiger partial charge on any atom is 0.407 e. The van der Waals surface area contributed by atoms with E-state index in [-0.39, 0.29) is 5.92 Å². The van der Waals surface area contributed by atoms with E-state index >= 15 is 0 Å². The summed E-state index contributed by atoms with van der Waals surface area (Å²) in [6.45, 7) is 2.31. The number of fused-ring (bicyclic) bond motifs is 3. The fraction of sp³-hybridized carbons (Fsp3) is 0.333. The molecular weight excluding hydrogens is 538 g/mol. The number of alkyl carbamates (subject to hydrolysis) is 1. The maximum atomic E-state index is 12.2. The van der Waals surface area contributed by atoms with Crippen molar-refractivity contribution in [3.05, 3.63) is 77.1 Å². The molecule has 0 atom stereocenters. The number of nitrogens with zero attached hydrogens (tertiary/aromatic N) is 2. The Hall–Kier alpha value is -2.16. The zero-order valence-corrected chi connectivity index (χ0v) is 20.8. The van der Waals surface area contributed by atoms with Crippen molar-refractivity contribution in [1.82, 2.24) is 15.1 Å². The monoisotopic (exact) mass is 561 g/mol. The molecule has 8 heteroatoms. The molecule has 0 unspecified atom stereocenters. The Kier molecular flexibility index (Phi) is 8.00. The number of nitrogens with one attached hydrogen (secondary N) is 1. The number of hydrogen-bond acceptors (Lipinski definition) is 4. The van der Waals surface area contributed by atoms with Gasteiger partial charge in [0.25, 0.3) is 0 Å². The van der Waals surface area contributed by atoms with Gasteiger partial charge in [0, 0.05) is 28.8 Å². The van der Waals surface area contributed by atoms with Crippen molar-refractivity contribution in [3.63, 3.8) is 0 Å². The first kappa shape index (κ1) is 23.0. The molecule has 2 aromatic carbocycles. The van der Waals surface area contributed by atoms with Gasteiger partial charge in [-0.15, -0.1) is 0 Å². The number of alkyl halides is 2. The molecule has 0 radical (unpaired) electrons. The second kappa shape index (κ2) is 11.1. The molecule has 0 aliphatic heterocycles. The summed E-state index contributed by atoms with van der Waals surface area (Å²) in [4.78, 5) is 12.2. The van der Waals surface area contributed by atoms with Gasteiger partial charge in [0.1, 0.15) is 6.61 Å². The first-order valence-electron chi connectivity index (χ1n) is 10.6. The lowest BCUT2D eigenvalue weighted by Gasteiger charge is -2.14. The summed E-state index contributed by atoms with van der Waals surface area (Å²) in [6, 6.07) is 18.7. The van der Waals surface area contributed by atoms with E-state index in [0.29, 0.717) is 32.9 Å². The van der Waals surface area contributed by atoms with Gasteiger partial charge < -0.3 is 14.8 Å². The molecular formula is C24H25Br2N3O3. The molecule has 1 amide bonds. The normalized spacial score (nSPS) is 12.4. The smallest absolute Gasteiger partial charge is 0.407 e. The topological polar surface area (TPSA) is 65.4 Å². The summed E-state index contributed by atoms with van der Waals surface area (Å²) >= 11 is 6.91. The lowest BCUT2D eigenvalue weighted by molar-refractivity contribution is 0.114. The van der Waals surface area contributed by atoms with Crippen LogP contribution in [0.2, 0.25) is 0 Å². The zero-order valence-electron chi connectivity index (χ0n) is 17.6. The number of amides is 1. The van der Waals surface area contributed by atoms with Crippen LogP contribution in [0.3, 0.4) is 0 Å². The van der Waals surface area contributed by atoms with E-state index in [1.807, 2.05) is 28.9 Å². The molecule has 1 aliphatic carbocycles. The SMILES string of the molecule is O=C(NCCOCCn1nc(CBr)cc1CBr)OCC1c2ccccc2-c2ccccc21. The Morgan fingerprint density at radius 2 is 1.69 bits per heavy atom. The Bertz CT molecular complexity index is 1020. The van der Waals surface area contributed by atoms with Crippen LogP contribution in [0.15, 0.2) is 54.6 Å². The molecule has 0 spiro atoms. The highest BCUT2D eigenvalue weighted by atomic mass is 79.9. The molecule has 1 heterocycles. The molecule has 0 saturated heterocycles. The lowest BCUT2D eigenvalue weighted by atomic mass is 9.98. The highest BCUT2D eigenvalue weighted by Gasteiger charge is 2.28. The largest absolute Gasteiger partial charge is 0.449 e. The van der Waals surface area contributed by atoms with Crippen LogP contribution in [0.5, 0.6) is 0 Å². The summed E-state index contributed by atoms with van der Waals surface area (Å²) in [5, 5.41) is 8.75. The third kappa shape index (κ3) is 5.24. The summed E-state index contributed by atoms with van der Waals surface area (Å²) < 4.78 is 13.1. The first-order valence-corrected chi connectivity index (χ1v) is 12.8. The van der Waals surface area contributed by atoms with Crippen molar-refractivity contribution in [3.8, 4) is 11.1 Å². The van der Waals surface area contributed by atoms with E-state index in [9.17, 15) is 4.79 Å². The van der Waals surface area contributed by atoms with E-state index in [4.69, 9.17) is 9.47 Å². The third-order valence-electron chi connectivity index (χ3n) is 5.49. The summed E-state index contributed by atoms with van der Waals surface area (Å²) in [7, 11) is 0. The molecule has 1 aliphatic rings. The van der Waals surface area contributed by atoms with Crippen LogP contribution in [0, 0.1) is 0 Å². The summed E-state index contributed by atoms with van der Waals surface area (Å²) in [5.41, 5.74) is 6.95. The highest BCUT2D eigenvalue weighted by Crippen LogP contribution is 2.44. The van der Waals surface area contributed by atoms with Crippen LogP contribution < -0.4 is 5.32 Å². The van der Waals surface area contributed by atoms with Crippen LogP contribution in [0.25, 0.3) is 11.1 Å². The molecule has 3 aromatic rings. The molecule has 1 N–H and O–H groups in total. The van der Waals surface area contributed by atoms with Gasteiger partial charge in [0.2, 0.25) is 0 Å². The van der Waals surface area contributed by atoms with Crippen molar-refractivity contribution in [2.24, 2.45) is 0 Å². The molecule has 1 aromatic heterocycles. The summed E-state index contributed by atoms with van der Waals surface area (Å²) in [5.74, 6) is 0.0616. The number of carbonyl (C=O) groups excluding carboxylic acids is 1. The Labute approximate surface area is 204 Å². The van der Waals surface area contributed by atoms with Gasteiger partial charge in [0.15, 0.2) is 0 Å². The second-order valence-corrected chi connectivity index (χ2v) is 8.60. The van der Waals surface area contributed by atoms with E-state index in [0.717, 1.165) is 22.0 Å².